The molecule has 0 aromatic heterocycles. The van der Waals surface area contributed by atoms with Gasteiger partial charge in [-0.05, 0) is 66.4 Å². The van der Waals surface area contributed by atoms with Crippen LogP contribution in [0.1, 0.15) is 36.5 Å². The van der Waals surface area contributed by atoms with Crippen molar-refractivity contribution in [1.29, 1.82) is 0 Å². The zero-order valence-corrected chi connectivity index (χ0v) is 27.7. The Morgan fingerprint density at radius 2 is 1.49 bits per heavy atom. The largest absolute Gasteiger partial charge is 0.354 e. The van der Waals surface area contributed by atoms with Gasteiger partial charge in [0.05, 0.1) is 10.6 Å². The summed E-state index contributed by atoms with van der Waals surface area (Å²) in [6.45, 7) is 3.66. The van der Waals surface area contributed by atoms with E-state index in [1.165, 1.54) is 17.0 Å². The minimum Gasteiger partial charge on any atom is -0.354 e. The Morgan fingerprint density at radius 3 is 2.16 bits per heavy atom. The second-order valence-corrected chi connectivity index (χ2v) is 13.4. The number of hydrogen-bond acceptors (Lipinski definition) is 4. The van der Waals surface area contributed by atoms with Crippen molar-refractivity contribution in [3.8, 4) is 0 Å². The molecule has 7 nitrogen and oxygen atoms in total. The van der Waals surface area contributed by atoms with Gasteiger partial charge < -0.3 is 10.2 Å². The van der Waals surface area contributed by atoms with E-state index in [9.17, 15) is 18.0 Å². The molecule has 0 bridgehead atoms. The summed E-state index contributed by atoms with van der Waals surface area (Å²) in [7, 11) is -4.22. The van der Waals surface area contributed by atoms with E-state index in [-0.39, 0.29) is 29.5 Å². The highest BCUT2D eigenvalue weighted by atomic mass is 35.5. The number of unbranched alkanes of at least 4 members (excludes halogenated alkanes) is 1. The second kappa shape index (κ2) is 15.9. The number of carbonyl (C=O) groups is 2. The highest BCUT2D eigenvalue weighted by Gasteiger charge is 2.35. The molecule has 45 heavy (non-hydrogen) atoms. The number of nitrogens with zero attached hydrogens (tertiary/aromatic N) is 2. The Hall–Kier alpha value is -3.85. The average Bonchev–Trinajstić information content (AvgIpc) is 3.04. The molecule has 2 amide bonds. The number of rotatable bonds is 14. The summed E-state index contributed by atoms with van der Waals surface area (Å²) >= 11 is 12.7. The third kappa shape index (κ3) is 8.87. The maximum absolute atomic E-state index is 14.5. The van der Waals surface area contributed by atoms with Gasteiger partial charge in [-0.15, -0.1) is 0 Å². The minimum atomic E-state index is -4.22. The molecular weight excluding hydrogens is 629 g/mol. The molecule has 0 saturated heterocycles. The highest BCUT2D eigenvalue weighted by molar-refractivity contribution is 7.92. The number of amides is 2. The fraction of sp³-hybridized carbons (Fsp3) is 0.257. The normalized spacial score (nSPS) is 11.9. The number of carbonyl (C=O) groups excluding carboxylic acids is 2. The summed E-state index contributed by atoms with van der Waals surface area (Å²) in [5, 5.41) is 3.83. The highest BCUT2D eigenvalue weighted by Crippen LogP contribution is 2.31. The number of hydrogen-bond donors (Lipinski definition) is 1. The van der Waals surface area contributed by atoms with E-state index >= 15 is 0 Å². The molecule has 4 rings (SSSR count). The van der Waals surface area contributed by atoms with Gasteiger partial charge >= 0.3 is 0 Å². The molecule has 1 N–H and O–H groups in total. The standard InChI is InChI=1S/C35H37Cl2N3O4S/c1-3-4-21-38-35(42)33(23-27-13-7-5-8-14-27)39(24-28-15-11-16-29(36)22-28)34(41)25-40(32-20-12-19-31(37)26(32)2)45(43,44)30-17-9-6-10-18-30/h5-20,22,33H,3-4,21,23-25H2,1-2H3,(H,38,42)/t33-/m1/s1. The van der Waals surface area contributed by atoms with Gasteiger partial charge in [0.25, 0.3) is 10.0 Å². The van der Waals surface area contributed by atoms with Crippen LogP contribution >= 0.6 is 23.2 Å². The quantitative estimate of drug-likeness (QED) is 0.146. The third-order valence-corrected chi connectivity index (χ3v) is 9.88. The van der Waals surface area contributed by atoms with Crippen molar-refractivity contribution in [1.82, 2.24) is 10.2 Å². The van der Waals surface area contributed by atoms with Crippen LogP contribution in [0, 0.1) is 6.92 Å². The lowest BCUT2D eigenvalue weighted by Gasteiger charge is -2.34. The maximum Gasteiger partial charge on any atom is 0.264 e. The molecule has 0 spiro atoms. The fourth-order valence-corrected chi connectivity index (χ4v) is 6.87. The smallest absolute Gasteiger partial charge is 0.264 e. The Morgan fingerprint density at radius 1 is 0.844 bits per heavy atom. The Bertz CT molecular complexity index is 1700. The van der Waals surface area contributed by atoms with Gasteiger partial charge in [0.2, 0.25) is 11.8 Å². The van der Waals surface area contributed by atoms with Crippen LogP contribution in [0.3, 0.4) is 0 Å². The fourth-order valence-electron chi connectivity index (χ4n) is 4.99. The predicted molar refractivity (Wildman–Crippen MR) is 181 cm³/mol. The molecule has 10 heteroatoms. The van der Waals surface area contributed by atoms with Crippen molar-refractivity contribution >= 4 is 50.7 Å². The molecule has 0 fully saturated rings. The van der Waals surface area contributed by atoms with E-state index in [0.717, 1.165) is 22.7 Å². The van der Waals surface area contributed by atoms with Crippen LogP contribution in [-0.4, -0.2) is 44.3 Å². The molecule has 4 aromatic rings. The molecular formula is C35H37Cl2N3O4S. The van der Waals surface area contributed by atoms with Gasteiger partial charge in [-0.1, -0.05) is 103 Å². The lowest BCUT2D eigenvalue weighted by Crippen LogP contribution is -2.53. The molecule has 0 aliphatic rings. The molecule has 236 valence electrons. The summed E-state index contributed by atoms with van der Waals surface area (Å²) in [4.78, 5) is 29.8. The van der Waals surface area contributed by atoms with E-state index in [4.69, 9.17) is 23.2 Å². The molecule has 0 radical (unpaired) electrons. The zero-order valence-electron chi connectivity index (χ0n) is 25.3. The topological polar surface area (TPSA) is 86.8 Å². The van der Waals surface area contributed by atoms with Crippen LogP contribution in [0.15, 0.2) is 108 Å². The predicted octanol–water partition coefficient (Wildman–Crippen LogP) is 7.05. The van der Waals surface area contributed by atoms with Crippen LogP contribution in [0.5, 0.6) is 0 Å². The maximum atomic E-state index is 14.5. The van der Waals surface area contributed by atoms with Crippen LogP contribution in [0.2, 0.25) is 10.0 Å². The van der Waals surface area contributed by atoms with Gasteiger partial charge in [0.1, 0.15) is 12.6 Å². The lowest BCUT2D eigenvalue weighted by atomic mass is 10.0. The average molecular weight is 667 g/mol. The molecule has 0 saturated carbocycles. The molecule has 0 aliphatic carbocycles. The van der Waals surface area contributed by atoms with Crippen molar-refractivity contribution in [2.45, 2.75) is 50.6 Å². The van der Waals surface area contributed by atoms with E-state index in [1.807, 2.05) is 43.3 Å². The van der Waals surface area contributed by atoms with Crippen LogP contribution in [-0.2, 0) is 32.6 Å². The van der Waals surface area contributed by atoms with Crippen molar-refractivity contribution in [2.24, 2.45) is 0 Å². The SMILES string of the molecule is CCCCNC(=O)[C@@H](Cc1ccccc1)N(Cc1cccc(Cl)c1)C(=O)CN(c1cccc(Cl)c1C)S(=O)(=O)c1ccccc1. The number of halogens is 2. The van der Waals surface area contributed by atoms with Crippen molar-refractivity contribution < 1.29 is 18.0 Å². The molecule has 0 heterocycles. The zero-order chi connectivity index (χ0) is 32.4. The van der Waals surface area contributed by atoms with Crippen LogP contribution < -0.4 is 9.62 Å². The number of anilines is 1. The van der Waals surface area contributed by atoms with Gasteiger partial charge in [-0.2, -0.15) is 0 Å². The lowest BCUT2D eigenvalue weighted by molar-refractivity contribution is -0.140. The second-order valence-electron chi connectivity index (χ2n) is 10.7. The summed E-state index contributed by atoms with van der Waals surface area (Å²) < 4.78 is 29.4. The van der Waals surface area contributed by atoms with E-state index in [0.29, 0.717) is 27.7 Å². The van der Waals surface area contributed by atoms with Crippen molar-refractivity contribution in [2.75, 3.05) is 17.4 Å². The van der Waals surface area contributed by atoms with Gasteiger partial charge in [0, 0.05) is 29.6 Å². The number of benzene rings is 4. The summed E-state index contributed by atoms with van der Waals surface area (Å²) in [6.07, 6.45) is 1.90. The monoisotopic (exact) mass is 665 g/mol. The van der Waals surface area contributed by atoms with E-state index in [2.05, 4.69) is 5.32 Å². The van der Waals surface area contributed by atoms with Crippen molar-refractivity contribution in [3.05, 3.63) is 130 Å². The first-order valence-electron chi connectivity index (χ1n) is 14.8. The number of sulfonamides is 1. The molecule has 4 aromatic carbocycles. The number of nitrogens with one attached hydrogen (secondary N) is 1. The Balaban J connectivity index is 1.81. The third-order valence-electron chi connectivity index (χ3n) is 7.46. The first kappa shape index (κ1) is 34.0. The Kier molecular flexibility index (Phi) is 12.0. The minimum absolute atomic E-state index is 0.0247. The summed E-state index contributed by atoms with van der Waals surface area (Å²) in [5.74, 6) is -0.875. The van der Waals surface area contributed by atoms with E-state index < -0.39 is 28.5 Å². The Labute approximate surface area is 275 Å². The summed E-state index contributed by atoms with van der Waals surface area (Å²) in [5.41, 5.74) is 2.34. The first-order chi connectivity index (χ1) is 21.6. The van der Waals surface area contributed by atoms with Crippen LogP contribution in [0.4, 0.5) is 5.69 Å². The van der Waals surface area contributed by atoms with Gasteiger partial charge in [0.15, 0.2) is 0 Å². The summed E-state index contributed by atoms with van der Waals surface area (Å²) in [6, 6.07) is 28.4. The molecule has 0 unspecified atom stereocenters. The first-order valence-corrected chi connectivity index (χ1v) is 17.0. The molecule has 1 atom stereocenters. The van der Waals surface area contributed by atoms with E-state index in [1.54, 1.807) is 61.5 Å². The van der Waals surface area contributed by atoms with Crippen LogP contribution in [0.25, 0.3) is 0 Å². The van der Waals surface area contributed by atoms with Gasteiger partial charge in [-0.25, -0.2) is 8.42 Å². The van der Waals surface area contributed by atoms with Gasteiger partial charge in [-0.3, -0.25) is 13.9 Å². The molecule has 0 aliphatic heterocycles. The van der Waals surface area contributed by atoms with Crippen molar-refractivity contribution in [3.63, 3.8) is 0 Å².